The zero-order chi connectivity index (χ0) is 29.3. The minimum atomic E-state index is -4.67. The van der Waals surface area contributed by atoms with Gasteiger partial charge in [-0.3, -0.25) is 0 Å². The van der Waals surface area contributed by atoms with Crippen LogP contribution in [0.1, 0.15) is 155 Å². The highest BCUT2D eigenvalue weighted by Crippen LogP contribution is 2.46. The third-order valence-corrected chi connectivity index (χ3v) is 12.8. The van der Waals surface area contributed by atoms with E-state index in [2.05, 4.69) is 12.1 Å². The van der Waals surface area contributed by atoms with Gasteiger partial charge in [-0.1, -0.05) is 69.9 Å². The third kappa shape index (κ3) is 6.32. The number of hydrogen-bond acceptors (Lipinski definition) is 6. The molecule has 0 heterocycles. The van der Waals surface area contributed by atoms with Crippen LogP contribution in [0.4, 0.5) is 0 Å². The molecule has 3 saturated carbocycles. The van der Waals surface area contributed by atoms with E-state index in [1.54, 1.807) is 0 Å². The minimum absolute atomic E-state index is 0.178. The average molecular weight is 614 g/mol. The van der Waals surface area contributed by atoms with Gasteiger partial charge in [0, 0.05) is 5.56 Å². The molecule has 230 valence electrons. The first-order valence-electron chi connectivity index (χ1n) is 16.5. The van der Waals surface area contributed by atoms with E-state index in [1.807, 2.05) is 0 Å². The lowest BCUT2D eigenvalue weighted by Gasteiger charge is -2.32. The molecule has 8 heteroatoms. The molecule has 0 unspecified atom stereocenters. The SMILES string of the molecule is O=S(=O)([O-])c1ccc(OS(=O)(=O)c2c(C3CCCCC3)cc(C3CCCCC3)cc2C2CCCCC2)c2c1CCCC2. The predicted octanol–water partition coefficient (Wildman–Crippen LogP) is 8.38. The predicted molar refractivity (Wildman–Crippen MR) is 163 cm³/mol. The molecule has 0 aliphatic heterocycles. The summed E-state index contributed by atoms with van der Waals surface area (Å²) in [5.41, 5.74) is 4.20. The summed E-state index contributed by atoms with van der Waals surface area (Å²) in [6, 6.07) is 7.10. The molecule has 0 N–H and O–H groups in total. The molecule has 0 atom stereocenters. The lowest BCUT2D eigenvalue weighted by atomic mass is 9.76. The molecule has 0 radical (unpaired) electrons. The van der Waals surface area contributed by atoms with E-state index < -0.39 is 20.2 Å². The minimum Gasteiger partial charge on any atom is -0.744 e. The average Bonchev–Trinajstić information content (AvgIpc) is 3.01. The van der Waals surface area contributed by atoms with Gasteiger partial charge >= 0.3 is 10.1 Å². The molecule has 3 fully saturated rings. The highest BCUT2D eigenvalue weighted by atomic mass is 32.2. The third-order valence-electron chi connectivity index (χ3n) is 10.5. The van der Waals surface area contributed by atoms with Gasteiger partial charge in [-0.2, -0.15) is 8.42 Å². The number of fused-ring (bicyclic) bond motifs is 1. The Bertz CT molecular complexity index is 1450. The summed E-state index contributed by atoms with van der Waals surface area (Å²) in [7, 11) is -8.90. The Morgan fingerprint density at radius 3 is 1.57 bits per heavy atom. The van der Waals surface area contributed by atoms with Crippen molar-refractivity contribution in [3.05, 3.63) is 52.1 Å². The Balaban J connectivity index is 1.49. The molecule has 4 aliphatic rings. The number of rotatable bonds is 7. The molecule has 6 rings (SSSR count). The molecule has 42 heavy (non-hydrogen) atoms. The summed E-state index contributed by atoms with van der Waals surface area (Å²) in [6.07, 6.45) is 19.3. The first kappa shape index (κ1) is 30.1. The molecule has 6 nitrogen and oxygen atoms in total. The van der Waals surface area contributed by atoms with Crippen molar-refractivity contribution in [2.75, 3.05) is 0 Å². The van der Waals surface area contributed by atoms with E-state index in [0.717, 1.165) is 88.2 Å². The van der Waals surface area contributed by atoms with E-state index >= 15 is 0 Å². The van der Waals surface area contributed by atoms with Crippen molar-refractivity contribution in [3.8, 4) is 5.75 Å². The van der Waals surface area contributed by atoms with Crippen molar-refractivity contribution >= 4 is 20.2 Å². The maximum Gasteiger partial charge on any atom is 0.339 e. The second-order valence-corrected chi connectivity index (χ2v) is 16.1. The van der Waals surface area contributed by atoms with Gasteiger partial charge in [0.1, 0.15) is 20.8 Å². The first-order valence-corrected chi connectivity index (χ1v) is 19.3. The summed E-state index contributed by atoms with van der Waals surface area (Å²) in [5, 5.41) is 0. The van der Waals surface area contributed by atoms with Crippen molar-refractivity contribution in [3.63, 3.8) is 0 Å². The van der Waals surface area contributed by atoms with Crippen LogP contribution in [0.3, 0.4) is 0 Å². The number of benzene rings is 2. The van der Waals surface area contributed by atoms with Crippen LogP contribution < -0.4 is 4.18 Å². The van der Waals surface area contributed by atoms with E-state index in [9.17, 15) is 21.4 Å². The summed E-state index contributed by atoms with van der Waals surface area (Å²) in [6.45, 7) is 0. The molecule has 0 spiro atoms. The van der Waals surface area contributed by atoms with E-state index in [-0.39, 0.29) is 22.5 Å². The standard InChI is InChI=1S/C34H46O6S2/c35-41(36,37)33-21-20-32(28-18-10-11-19-29(28)33)40-42(38,39)34-30(25-14-6-2-7-15-25)22-27(24-12-4-1-5-13-24)23-31(34)26-16-8-3-9-17-26/h20-26H,1-19H2,(H,35,36,37)/p-1. The molecule has 4 aliphatic carbocycles. The Morgan fingerprint density at radius 1 is 0.595 bits per heavy atom. The quantitative estimate of drug-likeness (QED) is 0.230. The van der Waals surface area contributed by atoms with Crippen LogP contribution in [0.25, 0.3) is 0 Å². The zero-order valence-corrected chi connectivity index (χ0v) is 26.4. The van der Waals surface area contributed by atoms with Gasteiger partial charge in [-0.05, 0) is 116 Å². The fourth-order valence-electron chi connectivity index (χ4n) is 8.37. The Morgan fingerprint density at radius 2 is 1.07 bits per heavy atom. The fourth-order valence-corrected chi connectivity index (χ4v) is 10.6. The van der Waals surface area contributed by atoms with Crippen LogP contribution in [0.5, 0.6) is 5.75 Å². The molecule has 2 aromatic carbocycles. The Kier molecular flexibility index (Phi) is 9.05. The molecule has 2 aromatic rings. The topological polar surface area (TPSA) is 101 Å². The van der Waals surface area contributed by atoms with Crippen LogP contribution >= 0.6 is 0 Å². The highest BCUT2D eigenvalue weighted by Gasteiger charge is 2.35. The van der Waals surface area contributed by atoms with Gasteiger partial charge < -0.3 is 8.74 Å². The highest BCUT2D eigenvalue weighted by molar-refractivity contribution is 7.87. The molecular weight excluding hydrogens is 569 g/mol. The van der Waals surface area contributed by atoms with Crippen molar-refractivity contribution < 1.29 is 25.6 Å². The normalized spacial score (nSPS) is 21.6. The molecule has 0 saturated heterocycles. The number of hydrogen-bond donors (Lipinski definition) is 0. The maximum atomic E-state index is 14.6. The van der Waals surface area contributed by atoms with Crippen LogP contribution in [-0.2, 0) is 33.1 Å². The van der Waals surface area contributed by atoms with Crippen molar-refractivity contribution in [2.45, 2.75) is 150 Å². The second kappa shape index (κ2) is 12.6. The van der Waals surface area contributed by atoms with Gasteiger partial charge in [0.25, 0.3) is 0 Å². The largest absolute Gasteiger partial charge is 0.744 e. The van der Waals surface area contributed by atoms with Gasteiger partial charge in [0.2, 0.25) is 0 Å². The van der Waals surface area contributed by atoms with Crippen molar-refractivity contribution in [1.29, 1.82) is 0 Å². The molecule has 0 amide bonds. The van der Waals surface area contributed by atoms with E-state index in [1.165, 1.54) is 49.8 Å². The monoisotopic (exact) mass is 613 g/mol. The van der Waals surface area contributed by atoms with Gasteiger partial charge in [0.15, 0.2) is 0 Å². The van der Waals surface area contributed by atoms with Crippen molar-refractivity contribution in [1.82, 2.24) is 0 Å². The summed E-state index contributed by atoms with van der Waals surface area (Å²) < 4.78 is 71.3. The molecule has 0 bridgehead atoms. The van der Waals surface area contributed by atoms with Crippen LogP contribution in [0.15, 0.2) is 34.1 Å². The summed E-state index contributed by atoms with van der Waals surface area (Å²) >= 11 is 0. The van der Waals surface area contributed by atoms with E-state index in [0.29, 0.717) is 34.8 Å². The fraction of sp³-hybridized carbons (Fsp3) is 0.647. The lowest BCUT2D eigenvalue weighted by Crippen LogP contribution is -2.22. The summed E-state index contributed by atoms with van der Waals surface area (Å²) in [5.74, 6) is 1.05. The van der Waals surface area contributed by atoms with Crippen LogP contribution in [0, 0.1) is 0 Å². The first-order chi connectivity index (χ1) is 20.2. The van der Waals surface area contributed by atoms with E-state index in [4.69, 9.17) is 4.18 Å². The molecular formula is C34H45O6S2-. The van der Waals surface area contributed by atoms with Gasteiger partial charge in [-0.15, -0.1) is 0 Å². The Labute approximate surface area is 252 Å². The van der Waals surface area contributed by atoms with Gasteiger partial charge in [-0.25, -0.2) is 8.42 Å². The Hall–Kier alpha value is -1.90. The maximum absolute atomic E-state index is 14.6. The molecule has 0 aromatic heterocycles. The summed E-state index contributed by atoms with van der Waals surface area (Å²) in [4.78, 5) is 0.135. The lowest BCUT2D eigenvalue weighted by molar-refractivity contribution is 0.414. The van der Waals surface area contributed by atoms with Gasteiger partial charge in [0.05, 0.1) is 4.90 Å². The smallest absolute Gasteiger partial charge is 0.339 e. The van der Waals surface area contributed by atoms with Crippen LogP contribution in [0.2, 0.25) is 0 Å². The zero-order valence-electron chi connectivity index (χ0n) is 24.7. The van der Waals surface area contributed by atoms with Crippen LogP contribution in [-0.4, -0.2) is 21.4 Å². The van der Waals surface area contributed by atoms with Crippen molar-refractivity contribution in [2.24, 2.45) is 0 Å². The second-order valence-electron chi connectivity index (χ2n) is 13.3.